The maximum Gasteiger partial charge on any atom is 0.295 e. The number of nitrogen functional groups attached to an aromatic ring is 1. The number of nitrogens with zero attached hydrogens (tertiary/aromatic N) is 4. The molecular weight excluding hydrogens is 287 g/mol. The number of H-pyrrole nitrogens is 1. The third-order valence-electron chi connectivity index (χ3n) is 2.57. The van der Waals surface area contributed by atoms with Crippen LogP contribution in [-0.2, 0) is 6.42 Å². The highest BCUT2D eigenvalue weighted by Crippen LogP contribution is 2.22. The van der Waals surface area contributed by atoms with Crippen LogP contribution in [0.1, 0.15) is 11.4 Å². The molecule has 3 rings (SSSR count). The van der Waals surface area contributed by atoms with Crippen LogP contribution in [0.15, 0.2) is 22.7 Å². The molecule has 0 amide bonds. The van der Waals surface area contributed by atoms with Crippen LogP contribution in [0.4, 0.5) is 10.3 Å². The largest absolute Gasteiger partial charge is 0.366 e. The number of anilines is 1. The average Bonchev–Trinajstić information content (AvgIpc) is 3.03. The SMILES string of the molecule is Nc1n[nH]c(-c2nc(Cc3c(F)cccc3Cl)no2)n1. The van der Waals surface area contributed by atoms with E-state index in [1.165, 1.54) is 12.1 Å². The van der Waals surface area contributed by atoms with Crippen molar-refractivity contribution in [2.45, 2.75) is 6.42 Å². The van der Waals surface area contributed by atoms with Gasteiger partial charge in [-0.25, -0.2) is 4.39 Å². The number of halogens is 2. The predicted molar refractivity (Wildman–Crippen MR) is 68.3 cm³/mol. The molecule has 102 valence electrons. The predicted octanol–water partition coefficient (Wildman–Crippen LogP) is 1.82. The summed E-state index contributed by atoms with van der Waals surface area (Å²) < 4.78 is 18.7. The zero-order valence-corrected chi connectivity index (χ0v) is 10.7. The molecular formula is C11H8ClFN6O. The van der Waals surface area contributed by atoms with Gasteiger partial charge in [-0.2, -0.15) is 9.97 Å². The maximum atomic E-state index is 13.7. The summed E-state index contributed by atoms with van der Waals surface area (Å²) in [5.41, 5.74) is 5.68. The molecule has 2 heterocycles. The summed E-state index contributed by atoms with van der Waals surface area (Å²) in [5.74, 6) is 0.296. The van der Waals surface area contributed by atoms with E-state index in [4.69, 9.17) is 21.9 Å². The van der Waals surface area contributed by atoms with Gasteiger partial charge in [-0.1, -0.05) is 22.8 Å². The molecule has 0 aliphatic carbocycles. The molecule has 3 aromatic rings. The fraction of sp³-hybridized carbons (Fsp3) is 0.0909. The molecule has 3 N–H and O–H groups in total. The number of nitrogens with one attached hydrogen (secondary N) is 1. The Morgan fingerprint density at radius 1 is 1.35 bits per heavy atom. The van der Waals surface area contributed by atoms with E-state index in [9.17, 15) is 4.39 Å². The monoisotopic (exact) mass is 294 g/mol. The molecule has 0 spiro atoms. The van der Waals surface area contributed by atoms with Crippen LogP contribution in [0.25, 0.3) is 11.7 Å². The topological polar surface area (TPSA) is 107 Å². The Kier molecular flexibility index (Phi) is 3.07. The second-order valence-corrected chi connectivity index (χ2v) is 4.34. The fourth-order valence-electron chi connectivity index (χ4n) is 1.65. The minimum absolute atomic E-state index is 0.0666. The lowest BCUT2D eigenvalue weighted by molar-refractivity contribution is 0.421. The van der Waals surface area contributed by atoms with Gasteiger partial charge in [0.25, 0.3) is 5.89 Å². The molecule has 9 heteroatoms. The van der Waals surface area contributed by atoms with Crippen LogP contribution in [0.5, 0.6) is 0 Å². The Labute approximate surface area is 117 Å². The third kappa shape index (κ3) is 2.32. The van der Waals surface area contributed by atoms with Crippen molar-refractivity contribution in [2.24, 2.45) is 0 Å². The second-order valence-electron chi connectivity index (χ2n) is 3.93. The molecule has 0 unspecified atom stereocenters. The van der Waals surface area contributed by atoms with Gasteiger partial charge in [-0.05, 0) is 12.1 Å². The van der Waals surface area contributed by atoms with Crippen LogP contribution < -0.4 is 5.73 Å². The lowest BCUT2D eigenvalue weighted by Gasteiger charge is -2.01. The molecule has 2 aromatic heterocycles. The molecule has 0 radical (unpaired) electrons. The Balaban J connectivity index is 1.88. The fourth-order valence-corrected chi connectivity index (χ4v) is 1.88. The molecule has 1 aromatic carbocycles. The van der Waals surface area contributed by atoms with Gasteiger partial charge >= 0.3 is 0 Å². The highest BCUT2D eigenvalue weighted by atomic mass is 35.5. The normalized spacial score (nSPS) is 10.9. The number of hydrogen-bond donors (Lipinski definition) is 2. The molecule has 20 heavy (non-hydrogen) atoms. The number of nitrogens with two attached hydrogens (primary N) is 1. The Hall–Kier alpha value is -2.48. The molecule has 0 bridgehead atoms. The molecule has 0 atom stereocenters. The molecule has 0 saturated heterocycles. The van der Waals surface area contributed by atoms with Crippen molar-refractivity contribution in [2.75, 3.05) is 5.73 Å². The van der Waals surface area contributed by atoms with E-state index in [0.29, 0.717) is 10.6 Å². The van der Waals surface area contributed by atoms with Crippen LogP contribution in [-0.4, -0.2) is 25.3 Å². The lowest BCUT2D eigenvalue weighted by Crippen LogP contribution is -1.96. The van der Waals surface area contributed by atoms with E-state index in [-0.39, 0.29) is 29.9 Å². The smallest absolute Gasteiger partial charge is 0.295 e. The van der Waals surface area contributed by atoms with Crippen molar-refractivity contribution in [1.82, 2.24) is 25.3 Å². The summed E-state index contributed by atoms with van der Waals surface area (Å²) in [6.45, 7) is 0. The number of aromatic nitrogens is 5. The average molecular weight is 295 g/mol. The quantitative estimate of drug-likeness (QED) is 0.763. The molecule has 0 fully saturated rings. The molecule has 0 aliphatic rings. The summed E-state index contributed by atoms with van der Waals surface area (Å²) >= 11 is 5.94. The summed E-state index contributed by atoms with van der Waals surface area (Å²) in [6, 6.07) is 4.44. The van der Waals surface area contributed by atoms with Crippen molar-refractivity contribution < 1.29 is 8.91 Å². The third-order valence-corrected chi connectivity index (χ3v) is 2.92. The summed E-state index contributed by atoms with van der Waals surface area (Å²) in [5, 5.41) is 10.2. The molecule has 0 aliphatic heterocycles. The van der Waals surface area contributed by atoms with E-state index >= 15 is 0 Å². The van der Waals surface area contributed by atoms with Gasteiger partial charge in [0.15, 0.2) is 5.82 Å². The highest BCUT2D eigenvalue weighted by Gasteiger charge is 2.15. The van der Waals surface area contributed by atoms with E-state index < -0.39 is 5.82 Å². The highest BCUT2D eigenvalue weighted by molar-refractivity contribution is 6.31. The van der Waals surface area contributed by atoms with Crippen LogP contribution in [0, 0.1) is 5.82 Å². The Bertz CT molecular complexity index is 735. The molecule has 7 nitrogen and oxygen atoms in total. The van der Waals surface area contributed by atoms with Crippen molar-refractivity contribution in [1.29, 1.82) is 0 Å². The first-order chi connectivity index (χ1) is 9.63. The zero-order chi connectivity index (χ0) is 14.1. The maximum absolute atomic E-state index is 13.7. The number of hydrogen-bond acceptors (Lipinski definition) is 6. The zero-order valence-electron chi connectivity index (χ0n) is 9.97. The van der Waals surface area contributed by atoms with Gasteiger partial charge < -0.3 is 10.3 Å². The Morgan fingerprint density at radius 2 is 2.20 bits per heavy atom. The van der Waals surface area contributed by atoms with Gasteiger partial charge in [-0.3, -0.25) is 5.10 Å². The van der Waals surface area contributed by atoms with Crippen LogP contribution in [0.3, 0.4) is 0 Å². The summed E-state index contributed by atoms with van der Waals surface area (Å²) in [7, 11) is 0. The minimum atomic E-state index is -0.423. The van der Waals surface area contributed by atoms with Gasteiger partial charge in [0, 0.05) is 17.0 Å². The van der Waals surface area contributed by atoms with Gasteiger partial charge in [0.05, 0.1) is 0 Å². The standard InChI is InChI=1S/C11H8ClFN6O/c12-6-2-1-3-7(13)5(6)4-8-15-10(20-19-8)9-16-11(14)18-17-9/h1-3H,4H2,(H3,14,16,17,18). The van der Waals surface area contributed by atoms with Crippen molar-refractivity contribution in [3.8, 4) is 11.7 Å². The minimum Gasteiger partial charge on any atom is -0.366 e. The first-order valence-electron chi connectivity index (χ1n) is 5.57. The van der Waals surface area contributed by atoms with Crippen LogP contribution >= 0.6 is 11.6 Å². The summed E-state index contributed by atoms with van der Waals surface area (Å²) in [4.78, 5) is 7.93. The Morgan fingerprint density at radius 3 is 2.90 bits per heavy atom. The van der Waals surface area contributed by atoms with Crippen molar-refractivity contribution >= 4 is 17.5 Å². The number of rotatable bonds is 3. The van der Waals surface area contributed by atoms with E-state index in [1.807, 2.05) is 0 Å². The van der Waals surface area contributed by atoms with E-state index in [1.54, 1.807) is 6.07 Å². The van der Waals surface area contributed by atoms with E-state index in [2.05, 4.69) is 25.3 Å². The lowest BCUT2D eigenvalue weighted by atomic mass is 10.1. The second kappa shape index (κ2) is 4.89. The first kappa shape index (κ1) is 12.5. The number of benzene rings is 1. The van der Waals surface area contributed by atoms with E-state index in [0.717, 1.165) is 0 Å². The first-order valence-corrected chi connectivity index (χ1v) is 5.95. The van der Waals surface area contributed by atoms with Gasteiger partial charge in [0.1, 0.15) is 5.82 Å². The summed E-state index contributed by atoms with van der Waals surface area (Å²) in [6.07, 6.45) is 0.110. The molecule has 0 saturated carbocycles. The van der Waals surface area contributed by atoms with Crippen molar-refractivity contribution in [3.05, 3.63) is 40.4 Å². The van der Waals surface area contributed by atoms with Gasteiger partial charge in [-0.15, -0.1) is 5.10 Å². The number of aromatic amines is 1. The van der Waals surface area contributed by atoms with Crippen molar-refractivity contribution in [3.63, 3.8) is 0 Å². The van der Waals surface area contributed by atoms with Gasteiger partial charge in [0.2, 0.25) is 11.8 Å². The van der Waals surface area contributed by atoms with Crippen LogP contribution in [0.2, 0.25) is 5.02 Å².